The van der Waals surface area contributed by atoms with E-state index in [1.165, 1.54) is 0 Å². The lowest BCUT2D eigenvalue weighted by atomic mass is 9.98. The minimum absolute atomic E-state index is 0.176. The summed E-state index contributed by atoms with van der Waals surface area (Å²) in [6.45, 7) is 7.34. The van der Waals surface area contributed by atoms with Crippen molar-refractivity contribution >= 4 is 17.2 Å². The summed E-state index contributed by atoms with van der Waals surface area (Å²) < 4.78 is 1.99. The molecule has 0 saturated carbocycles. The van der Waals surface area contributed by atoms with Crippen molar-refractivity contribution in [2.45, 2.75) is 39.1 Å². The minimum Gasteiger partial charge on any atom is -0.371 e. The topological polar surface area (TPSA) is 97.3 Å². The highest BCUT2D eigenvalue weighted by atomic mass is 16.3. The summed E-state index contributed by atoms with van der Waals surface area (Å²) >= 11 is 0. The number of rotatable bonds is 5. The maximum Gasteiger partial charge on any atom is 0.209 e. The van der Waals surface area contributed by atoms with E-state index in [-0.39, 0.29) is 12.0 Å². The third-order valence-corrected chi connectivity index (χ3v) is 6.75. The van der Waals surface area contributed by atoms with Gasteiger partial charge in [0.25, 0.3) is 0 Å². The third-order valence-electron chi connectivity index (χ3n) is 6.75. The molecule has 2 aliphatic heterocycles. The first-order chi connectivity index (χ1) is 16.5. The summed E-state index contributed by atoms with van der Waals surface area (Å²) in [5.74, 6) is 1.61. The second-order valence-electron chi connectivity index (χ2n) is 9.18. The Hall–Kier alpha value is -3.64. The van der Waals surface area contributed by atoms with Crippen molar-refractivity contribution in [3.05, 3.63) is 48.8 Å². The Morgan fingerprint density at radius 3 is 2.38 bits per heavy atom. The van der Waals surface area contributed by atoms with Gasteiger partial charge in [-0.2, -0.15) is 5.26 Å². The number of hydrogen-bond donors (Lipinski definition) is 1. The second kappa shape index (κ2) is 9.31. The summed E-state index contributed by atoms with van der Waals surface area (Å²) in [4.78, 5) is 11.0. The van der Waals surface area contributed by atoms with E-state index < -0.39 is 6.35 Å². The van der Waals surface area contributed by atoms with Crippen LogP contribution in [0.5, 0.6) is 0 Å². The molecule has 1 unspecified atom stereocenters. The first kappa shape index (κ1) is 22.2. The number of aliphatic hydroxyl groups excluding tert-OH is 1. The van der Waals surface area contributed by atoms with E-state index in [1.807, 2.05) is 32.6 Å². The number of nitrogens with zero attached hydrogens (tertiary/aromatic N) is 8. The van der Waals surface area contributed by atoms with Crippen molar-refractivity contribution in [2.24, 2.45) is 5.92 Å². The van der Waals surface area contributed by atoms with Crippen molar-refractivity contribution in [3.63, 3.8) is 0 Å². The Bertz CT molecular complexity index is 1160. The van der Waals surface area contributed by atoms with E-state index in [2.05, 4.69) is 59.3 Å². The van der Waals surface area contributed by atoms with Gasteiger partial charge in [0.05, 0.1) is 6.07 Å². The van der Waals surface area contributed by atoms with Gasteiger partial charge >= 0.3 is 0 Å². The SMILES string of the molecule is CC(C)n1cnnc1-c1cccc(N2CCN(c3ccc(N4CCC(C#N)CC4)cc3)C2O)n1. The molecule has 2 aliphatic rings. The summed E-state index contributed by atoms with van der Waals surface area (Å²) in [5, 5.41) is 28.5. The van der Waals surface area contributed by atoms with Crippen molar-refractivity contribution in [3.8, 4) is 17.6 Å². The third kappa shape index (κ3) is 4.17. The van der Waals surface area contributed by atoms with E-state index in [0.29, 0.717) is 18.9 Å². The van der Waals surface area contributed by atoms with E-state index in [9.17, 15) is 5.11 Å². The van der Waals surface area contributed by atoms with Crippen LogP contribution in [0.15, 0.2) is 48.8 Å². The van der Waals surface area contributed by atoms with Gasteiger partial charge in [0.2, 0.25) is 6.35 Å². The van der Waals surface area contributed by atoms with Crippen molar-refractivity contribution in [2.75, 3.05) is 40.9 Å². The molecule has 34 heavy (non-hydrogen) atoms. The van der Waals surface area contributed by atoms with Gasteiger partial charge in [-0.05, 0) is 63.1 Å². The van der Waals surface area contributed by atoms with Gasteiger partial charge in [0.1, 0.15) is 17.8 Å². The lowest BCUT2D eigenvalue weighted by Crippen LogP contribution is -2.39. The zero-order chi connectivity index (χ0) is 23.7. The average Bonchev–Trinajstić information content (AvgIpc) is 3.52. The fourth-order valence-corrected chi connectivity index (χ4v) is 4.74. The largest absolute Gasteiger partial charge is 0.371 e. The minimum atomic E-state index is -0.803. The monoisotopic (exact) mass is 458 g/mol. The Morgan fingerprint density at radius 2 is 1.68 bits per heavy atom. The number of nitriles is 1. The number of pyridine rings is 1. The molecular weight excluding hydrogens is 428 g/mol. The van der Waals surface area contributed by atoms with E-state index >= 15 is 0 Å². The van der Waals surface area contributed by atoms with Crippen molar-refractivity contribution < 1.29 is 5.11 Å². The van der Waals surface area contributed by atoms with Gasteiger partial charge in [-0.1, -0.05) is 6.07 Å². The number of anilines is 3. The van der Waals surface area contributed by atoms with Crippen LogP contribution in [0.4, 0.5) is 17.2 Å². The molecule has 0 bridgehead atoms. The molecule has 0 aliphatic carbocycles. The smallest absolute Gasteiger partial charge is 0.209 e. The number of benzene rings is 1. The molecule has 0 radical (unpaired) electrons. The molecule has 5 rings (SSSR count). The summed E-state index contributed by atoms with van der Waals surface area (Å²) in [6, 6.07) is 16.7. The number of hydrogen-bond acceptors (Lipinski definition) is 8. The van der Waals surface area contributed by atoms with Gasteiger partial charge in [0.15, 0.2) is 5.82 Å². The normalized spacial score (nSPS) is 19.1. The molecule has 2 fully saturated rings. The zero-order valence-corrected chi connectivity index (χ0v) is 19.6. The van der Waals surface area contributed by atoms with Crippen LogP contribution in [0.25, 0.3) is 11.5 Å². The molecular formula is C25H30N8O. The standard InChI is InChI=1S/C25H30N8O/c1-18(2)33-17-27-29-24(33)22-4-3-5-23(28-22)32-15-14-31(25(32)34)21-8-6-20(7-9-21)30-12-10-19(16-26)11-13-30/h3-9,17-19,25,34H,10-15H2,1-2H3. The lowest BCUT2D eigenvalue weighted by molar-refractivity contribution is 0.188. The number of piperidine rings is 1. The second-order valence-corrected chi connectivity index (χ2v) is 9.18. The van der Waals surface area contributed by atoms with Crippen molar-refractivity contribution in [1.82, 2.24) is 19.7 Å². The van der Waals surface area contributed by atoms with Crippen LogP contribution in [0.3, 0.4) is 0 Å². The predicted molar refractivity (Wildman–Crippen MR) is 131 cm³/mol. The van der Waals surface area contributed by atoms with E-state index in [0.717, 1.165) is 48.8 Å². The first-order valence-corrected chi connectivity index (χ1v) is 11.9. The molecule has 0 amide bonds. The summed E-state index contributed by atoms with van der Waals surface area (Å²) in [5.41, 5.74) is 2.87. The van der Waals surface area contributed by atoms with Gasteiger partial charge in [0, 0.05) is 49.5 Å². The highest BCUT2D eigenvalue weighted by molar-refractivity contribution is 5.60. The number of aromatic nitrogens is 4. The van der Waals surface area contributed by atoms with Crippen LogP contribution in [0.2, 0.25) is 0 Å². The first-order valence-electron chi connectivity index (χ1n) is 11.9. The molecule has 1 atom stereocenters. The molecule has 1 N–H and O–H groups in total. The molecule has 9 nitrogen and oxygen atoms in total. The van der Waals surface area contributed by atoms with Crippen molar-refractivity contribution in [1.29, 1.82) is 5.26 Å². The quantitative estimate of drug-likeness (QED) is 0.622. The highest BCUT2D eigenvalue weighted by Crippen LogP contribution is 2.30. The van der Waals surface area contributed by atoms with Gasteiger partial charge < -0.3 is 24.4 Å². The van der Waals surface area contributed by atoms with Crippen LogP contribution in [0.1, 0.15) is 32.7 Å². The van der Waals surface area contributed by atoms with Crippen LogP contribution in [0, 0.1) is 17.2 Å². The summed E-state index contributed by atoms with van der Waals surface area (Å²) in [7, 11) is 0. The molecule has 9 heteroatoms. The summed E-state index contributed by atoms with van der Waals surface area (Å²) in [6.07, 6.45) is 2.74. The Kier molecular flexibility index (Phi) is 6.07. The molecule has 0 spiro atoms. The Morgan fingerprint density at radius 1 is 0.971 bits per heavy atom. The van der Waals surface area contributed by atoms with Gasteiger partial charge in [-0.25, -0.2) is 4.98 Å². The predicted octanol–water partition coefficient (Wildman–Crippen LogP) is 3.26. The van der Waals surface area contributed by atoms with Crippen LogP contribution >= 0.6 is 0 Å². The average molecular weight is 459 g/mol. The van der Waals surface area contributed by atoms with E-state index in [1.54, 1.807) is 6.33 Å². The maximum atomic E-state index is 11.1. The fourth-order valence-electron chi connectivity index (χ4n) is 4.74. The molecule has 1 aromatic carbocycles. The zero-order valence-electron chi connectivity index (χ0n) is 19.6. The Labute approximate surface area is 199 Å². The maximum absolute atomic E-state index is 11.1. The van der Waals surface area contributed by atoms with Gasteiger partial charge in [-0.15, -0.1) is 10.2 Å². The highest BCUT2D eigenvalue weighted by Gasteiger charge is 2.32. The van der Waals surface area contributed by atoms with Crippen LogP contribution < -0.4 is 14.7 Å². The molecule has 176 valence electrons. The molecule has 2 aromatic heterocycles. The Balaban J connectivity index is 1.30. The molecule has 2 saturated heterocycles. The van der Waals surface area contributed by atoms with Crippen LogP contribution in [-0.2, 0) is 0 Å². The molecule has 3 aromatic rings. The number of aliphatic hydroxyl groups is 1. The lowest BCUT2D eigenvalue weighted by Gasteiger charge is -2.32. The van der Waals surface area contributed by atoms with E-state index in [4.69, 9.17) is 10.2 Å². The molecule has 4 heterocycles. The fraction of sp³-hybridized carbons (Fsp3) is 0.440. The van der Waals surface area contributed by atoms with Gasteiger partial charge in [-0.3, -0.25) is 0 Å². The van der Waals surface area contributed by atoms with Crippen LogP contribution in [-0.4, -0.2) is 57.4 Å².